The molecule has 4 N–H and O–H groups in total. The van der Waals surface area contributed by atoms with Gasteiger partial charge in [-0.05, 0) is 5.57 Å². The summed E-state index contributed by atoms with van der Waals surface area (Å²) < 4.78 is 0.510. The molecule has 0 radical (unpaired) electrons. The molecule has 1 aromatic rings. The summed E-state index contributed by atoms with van der Waals surface area (Å²) in [4.78, 5) is 46.6. The van der Waals surface area contributed by atoms with Gasteiger partial charge in [0.05, 0.1) is 0 Å². The van der Waals surface area contributed by atoms with Gasteiger partial charge in [-0.15, -0.1) is 23.1 Å². The number of hydrogen-bond donors (Lipinski definition) is 3. The number of rotatable bonds is 6. The number of hydrogen-bond acceptors (Lipinski definition) is 9. The summed E-state index contributed by atoms with van der Waals surface area (Å²) in [6, 6.07) is -0.856. The van der Waals surface area contributed by atoms with Crippen LogP contribution in [0, 0.1) is 0 Å². The van der Waals surface area contributed by atoms with Crippen LogP contribution in [-0.4, -0.2) is 67.2 Å². The first kappa shape index (κ1) is 19.9. The number of oxime groups is 1. The molecule has 0 bridgehead atoms. The maximum absolute atomic E-state index is 12.6. The molecule has 2 aliphatic heterocycles. The van der Waals surface area contributed by atoms with Gasteiger partial charge in [0.2, 0.25) is 0 Å². The first-order chi connectivity index (χ1) is 12.9. The Kier molecular flexibility index (Phi) is 5.90. The summed E-state index contributed by atoms with van der Waals surface area (Å²) in [5.41, 5.74) is 6.39. The molecular formula is C14H14IN5O5S2. The number of amides is 2. The molecule has 0 saturated carbocycles. The van der Waals surface area contributed by atoms with Crippen LogP contribution in [-0.2, 0) is 19.2 Å². The number of nitrogens with one attached hydrogen (secondary N) is 1. The molecule has 27 heavy (non-hydrogen) atoms. The second-order valence-electron chi connectivity index (χ2n) is 5.45. The van der Waals surface area contributed by atoms with Gasteiger partial charge < -0.3 is 21.0 Å². The zero-order valence-electron chi connectivity index (χ0n) is 13.8. The molecule has 0 aromatic carbocycles. The van der Waals surface area contributed by atoms with Crippen LogP contribution >= 0.6 is 45.7 Å². The number of nitrogens with two attached hydrogens (primary N) is 1. The normalized spacial score (nSPS) is 22.2. The molecule has 2 atom stereocenters. The second kappa shape index (κ2) is 8.02. The third kappa shape index (κ3) is 3.62. The molecule has 1 fully saturated rings. The third-order valence-electron chi connectivity index (χ3n) is 3.86. The highest BCUT2D eigenvalue weighted by molar-refractivity contribution is 14.1. The number of fused-ring (bicyclic) bond motifs is 1. The number of β-lactam (4-membered cyclic amide) rings is 1. The third-order valence-corrected chi connectivity index (χ3v) is 6.79. The van der Waals surface area contributed by atoms with Crippen molar-refractivity contribution in [1.82, 2.24) is 15.2 Å². The minimum atomic E-state index is -1.15. The number of thioether (sulfide) groups is 1. The molecule has 13 heteroatoms. The summed E-state index contributed by atoms with van der Waals surface area (Å²) in [6.45, 7) is 0. The van der Waals surface area contributed by atoms with Crippen molar-refractivity contribution in [2.24, 2.45) is 5.16 Å². The zero-order valence-corrected chi connectivity index (χ0v) is 17.6. The van der Waals surface area contributed by atoms with Gasteiger partial charge in [0.15, 0.2) is 10.8 Å². The molecule has 1 aromatic heterocycles. The summed E-state index contributed by atoms with van der Waals surface area (Å²) in [7, 11) is 1.28. The van der Waals surface area contributed by atoms with E-state index in [0.717, 1.165) is 11.3 Å². The van der Waals surface area contributed by atoms with Crippen molar-refractivity contribution in [3.8, 4) is 0 Å². The van der Waals surface area contributed by atoms with E-state index in [-0.39, 0.29) is 22.2 Å². The van der Waals surface area contributed by atoms with E-state index in [4.69, 9.17) is 10.6 Å². The highest BCUT2D eigenvalue weighted by atomic mass is 127. The number of carbonyl (C=O) groups is 3. The van der Waals surface area contributed by atoms with Gasteiger partial charge in [0.1, 0.15) is 29.9 Å². The van der Waals surface area contributed by atoms with Gasteiger partial charge in [-0.1, -0.05) is 27.7 Å². The number of thiazole rings is 1. The first-order valence-electron chi connectivity index (χ1n) is 7.48. The van der Waals surface area contributed by atoms with Crippen molar-refractivity contribution in [1.29, 1.82) is 0 Å². The number of carbonyl (C=O) groups excluding carboxylic acids is 2. The zero-order chi connectivity index (χ0) is 19.7. The number of nitrogens with zero attached hydrogens (tertiary/aromatic N) is 3. The monoisotopic (exact) mass is 523 g/mol. The summed E-state index contributed by atoms with van der Waals surface area (Å²) in [6.07, 6.45) is 0. The predicted octanol–water partition coefficient (Wildman–Crippen LogP) is 0.249. The average Bonchev–Trinajstić information content (AvgIpc) is 3.08. The lowest BCUT2D eigenvalue weighted by Gasteiger charge is -2.49. The van der Waals surface area contributed by atoms with Crippen molar-refractivity contribution in [3.05, 3.63) is 22.3 Å². The Morgan fingerprint density at radius 1 is 1.59 bits per heavy atom. The molecule has 0 spiro atoms. The molecule has 2 aliphatic rings. The van der Waals surface area contributed by atoms with Crippen LogP contribution < -0.4 is 11.1 Å². The predicted molar refractivity (Wildman–Crippen MR) is 109 cm³/mol. The number of halogens is 1. The molecule has 1 saturated heterocycles. The van der Waals surface area contributed by atoms with Crippen molar-refractivity contribution in [3.63, 3.8) is 0 Å². The van der Waals surface area contributed by atoms with Crippen molar-refractivity contribution in [2.45, 2.75) is 11.4 Å². The molecule has 1 unspecified atom stereocenters. The number of aromatic nitrogens is 1. The fraction of sp³-hybridized carbons (Fsp3) is 0.357. The standard InChI is InChI=1S/C14H14IN5O5S2/c1-25-19-7(6-4-27-14(16)17-6)10(21)18-8-11(22)20-9(13(23)24)5(2-15)3-26-12(8)20/h4,8,12H,2-3H2,1H3,(H2,16,17)(H,18,21)(H,23,24)/b19-7+/t8?,12-/m1/s1. The topological polar surface area (TPSA) is 147 Å². The van der Waals surface area contributed by atoms with Gasteiger partial charge in [0, 0.05) is 15.6 Å². The van der Waals surface area contributed by atoms with Gasteiger partial charge >= 0.3 is 5.97 Å². The van der Waals surface area contributed by atoms with E-state index in [1.165, 1.54) is 23.8 Å². The lowest BCUT2D eigenvalue weighted by molar-refractivity contribution is -0.150. The van der Waals surface area contributed by atoms with Gasteiger partial charge in [-0.2, -0.15) is 0 Å². The molecular weight excluding hydrogens is 509 g/mol. The highest BCUT2D eigenvalue weighted by Crippen LogP contribution is 2.40. The number of aliphatic carboxylic acids is 1. The van der Waals surface area contributed by atoms with E-state index in [9.17, 15) is 19.5 Å². The maximum atomic E-state index is 12.6. The number of carboxylic acid groups (broad SMARTS) is 1. The van der Waals surface area contributed by atoms with E-state index in [1.807, 2.05) is 0 Å². The van der Waals surface area contributed by atoms with Crippen molar-refractivity contribution < 1.29 is 24.3 Å². The fourth-order valence-corrected chi connectivity index (χ4v) is 5.58. The number of anilines is 1. The fourth-order valence-electron chi connectivity index (χ4n) is 2.69. The van der Waals surface area contributed by atoms with E-state index in [2.05, 4.69) is 38.0 Å². The van der Waals surface area contributed by atoms with Crippen LogP contribution in [0.15, 0.2) is 21.8 Å². The summed E-state index contributed by atoms with van der Waals surface area (Å²) >= 11 is 4.61. The Morgan fingerprint density at radius 2 is 2.33 bits per heavy atom. The van der Waals surface area contributed by atoms with Crippen molar-refractivity contribution in [2.75, 3.05) is 23.0 Å². The Labute approximate surface area is 175 Å². The summed E-state index contributed by atoms with van der Waals surface area (Å²) in [5.74, 6) is -1.80. The maximum Gasteiger partial charge on any atom is 0.352 e. The minimum Gasteiger partial charge on any atom is -0.477 e. The highest BCUT2D eigenvalue weighted by Gasteiger charge is 2.54. The van der Waals surface area contributed by atoms with E-state index < -0.39 is 29.2 Å². The van der Waals surface area contributed by atoms with Gasteiger partial charge in [-0.25, -0.2) is 9.78 Å². The molecule has 10 nitrogen and oxygen atoms in total. The minimum absolute atomic E-state index is 0.00158. The second-order valence-corrected chi connectivity index (χ2v) is 8.20. The number of alkyl halides is 1. The van der Waals surface area contributed by atoms with Crippen LogP contribution in [0.25, 0.3) is 0 Å². The average molecular weight is 523 g/mol. The van der Waals surface area contributed by atoms with Crippen LogP contribution in [0.5, 0.6) is 0 Å². The molecule has 144 valence electrons. The lowest BCUT2D eigenvalue weighted by Crippen LogP contribution is -2.71. The smallest absolute Gasteiger partial charge is 0.352 e. The Bertz CT molecular complexity index is 870. The molecule has 3 heterocycles. The largest absolute Gasteiger partial charge is 0.477 e. The van der Waals surface area contributed by atoms with E-state index in [0.29, 0.717) is 15.8 Å². The van der Waals surface area contributed by atoms with Gasteiger partial charge in [0.25, 0.3) is 11.8 Å². The van der Waals surface area contributed by atoms with E-state index in [1.54, 1.807) is 5.38 Å². The summed E-state index contributed by atoms with van der Waals surface area (Å²) in [5, 5.41) is 17.0. The van der Waals surface area contributed by atoms with Crippen molar-refractivity contribution >= 4 is 74.3 Å². The Balaban J connectivity index is 1.79. The van der Waals surface area contributed by atoms with Gasteiger partial charge in [-0.3, -0.25) is 14.5 Å². The Hall–Kier alpha value is -1.87. The SMILES string of the molecule is CO/N=C(/C(=O)NC1C(=O)N2C(C(=O)O)=C(CI)CS[C@H]12)c1csc(N)n1. The molecule has 3 rings (SSSR count). The van der Waals surface area contributed by atoms with Crippen LogP contribution in [0.2, 0.25) is 0 Å². The number of carboxylic acids is 1. The first-order valence-corrected chi connectivity index (χ1v) is 10.9. The molecule has 0 aliphatic carbocycles. The van der Waals surface area contributed by atoms with Crippen LogP contribution in [0.4, 0.5) is 5.13 Å². The Morgan fingerprint density at radius 3 is 2.89 bits per heavy atom. The van der Waals surface area contributed by atoms with E-state index >= 15 is 0 Å². The van der Waals surface area contributed by atoms with Crippen LogP contribution in [0.1, 0.15) is 5.69 Å². The lowest BCUT2D eigenvalue weighted by atomic mass is 10.0. The van der Waals surface area contributed by atoms with Crippen LogP contribution in [0.3, 0.4) is 0 Å². The number of nitrogen functional groups attached to an aromatic ring is 1. The molecule has 2 amide bonds. The quantitative estimate of drug-likeness (QED) is 0.158.